The van der Waals surface area contributed by atoms with Gasteiger partial charge in [-0.2, -0.15) is 0 Å². The lowest BCUT2D eigenvalue weighted by Crippen LogP contribution is -1.79. The van der Waals surface area contributed by atoms with Gasteiger partial charge in [0.25, 0.3) is 0 Å². The number of fused-ring (bicyclic) bond motifs is 1. The van der Waals surface area contributed by atoms with Gasteiger partial charge in [-0.1, -0.05) is 12.1 Å². The Morgan fingerprint density at radius 2 is 2.08 bits per heavy atom. The molecule has 2 rings (SSSR count). The van der Waals surface area contributed by atoms with Gasteiger partial charge in [0.2, 0.25) is 0 Å². The van der Waals surface area contributed by atoms with E-state index in [4.69, 9.17) is 9.52 Å². The Balaban J connectivity index is 2.76. The maximum atomic E-state index is 8.91. The fourth-order valence-corrected chi connectivity index (χ4v) is 1.47. The largest absolute Gasteiger partial charge is 0.458 e. The van der Waals surface area contributed by atoms with E-state index in [1.54, 1.807) is 0 Å². The van der Waals surface area contributed by atoms with E-state index in [0.29, 0.717) is 5.76 Å². The van der Waals surface area contributed by atoms with Gasteiger partial charge in [-0.25, -0.2) is 0 Å². The summed E-state index contributed by atoms with van der Waals surface area (Å²) in [6.07, 6.45) is 0. The number of aryl methyl sites for hydroxylation is 2. The second-order valence-electron chi connectivity index (χ2n) is 3.30. The lowest BCUT2D eigenvalue weighted by atomic mass is 10.1. The van der Waals surface area contributed by atoms with E-state index >= 15 is 0 Å². The first-order valence-corrected chi connectivity index (χ1v) is 4.32. The molecule has 1 aromatic carbocycles. The summed E-state index contributed by atoms with van der Waals surface area (Å²) >= 11 is 0. The lowest BCUT2D eigenvalue weighted by molar-refractivity contribution is 0.251. The first-order chi connectivity index (χ1) is 6.22. The van der Waals surface area contributed by atoms with Gasteiger partial charge in [0.1, 0.15) is 18.0 Å². The van der Waals surface area contributed by atoms with Crippen molar-refractivity contribution in [2.75, 3.05) is 0 Å². The summed E-state index contributed by atoms with van der Waals surface area (Å²) in [6, 6.07) is 5.95. The highest BCUT2D eigenvalue weighted by Crippen LogP contribution is 2.24. The summed E-state index contributed by atoms with van der Waals surface area (Å²) in [5.74, 6) is 0.628. The number of aliphatic hydroxyl groups is 1. The summed E-state index contributed by atoms with van der Waals surface area (Å²) in [4.78, 5) is 0. The first kappa shape index (κ1) is 8.32. The van der Waals surface area contributed by atoms with Gasteiger partial charge in [-0.05, 0) is 31.0 Å². The third kappa shape index (κ3) is 1.23. The third-order valence-electron chi connectivity index (χ3n) is 2.41. The summed E-state index contributed by atoms with van der Waals surface area (Å²) < 4.78 is 5.48. The highest BCUT2D eigenvalue weighted by molar-refractivity contribution is 5.82. The van der Waals surface area contributed by atoms with E-state index in [1.807, 2.05) is 19.1 Å². The molecule has 0 amide bonds. The van der Waals surface area contributed by atoms with Crippen molar-refractivity contribution in [2.24, 2.45) is 0 Å². The van der Waals surface area contributed by atoms with Crippen LogP contribution >= 0.6 is 0 Å². The highest BCUT2D eigenvalue weighted by Gasteiger charge is 2.06. The molecule has 0 saturated heterocycles. The summed E-state index contributed by atoms with van der Waals surface area (Å²) in [5, 5.41) is 9.97. The molecule has 1 N–H and O–H groups in total. The second kappa shape index (κ2) is 2.89. The second-order valence-corrected chi connectivity index (χ2v) is 3.30. The van der Waals surface area contributed by atoms with Gasteiger partial charge in [0.05, 0.1) is 0 Å². The Kier molecular flexibility index (Phi) is 1.85. The average molecular weight is 176 g/mol. The molecule has 0 atom stereocenters. The molecule has 0 saturated carbocycles. The lowest BCUT2D eigenvalue weighted by Gasteiger charge is -1.98. The minimum atomic E-state index is -0.0346. The molecule has 0 aliphatic heterocycles. The fourth-order valence-electron chi connectivity index (χ4n) is 1.47. The van der Waals surface area contributed by atoms with E-state index < -0.39 is 0 Å². The minimum absolute atomic E-state index is 0.0346. The molecule has 2 aromatic rings. The fraction of sp³-hybridized carbons (Fsp3) is 0.273. The standard InChI is InChI=1S/C11H12O2/c1-7-3-4-9-5-10(6-12)13-11(9)8(7)2/h3-5,12H,6H2,1-2H3. The van der Waals surface area contributed by atoms with Crippen molar-refractivity contribution in [3.05, 3.63) is 35.1 Å². The third-order valence-corrected chi connectivity index (χ3v) is 2.41. The molecule has 0 fully saturated rings. The quantitative estimate of drug-likeness (QED) is 0.724. The number of benzene rings is 1. The Bertz CT molecular complexity index is 441. The van der Waals surface area contributed by atoms with Crippen molar-refractivity contribution in [3.63, 3.8) is 0 Å². The van der Waals surface area contributed by atoms with E-state index in [2.05, 4.69) is 13.0 Å². The smallest absolute Gasteiger partial charge is 0.137 e. The van der Waals surface area contributed by atoms with Crippen LogP contribution in [0.2, 0.25) is 0 Å². The molecule has 0 radical (unpaired) electrons. The number of furan rings is 1. The van der Waals surface area contributed by atoms with Crippen LogP contribution in [-0.4, -0.2) is 5.11 Å². The van der Waals surface area contributed by atoms with E-state index in [0.717, 1.165) is 16.5 Å². The normalized spacial score (nSPS) is 11.0. The Labute approximate surface area is 76.8 Å². The molecule has 2 nitrogen and oxygen atoms in total. The van der Waals surface area contributed by atoms with Gasteiger partial charge < -0.3 is 9.52 Å². The van der Waals surface area contributed by atoms with E-state index in [-0.39, 0.29) is 6.61 Å². The average Bonchev–Trinajstić information content (AvgIpc) is 2.55. The van der Waals surface area contributed by atoms with Crippen molar-refractivity contribution in [3.8, 4) is 0 Å². The zero-order valence-corrected chi connectivity index (χ0v) is 7.79. The molecule has 0 aliphatic carbocycles. The van der Waals surface area contributed by atoms with E-state index in [1.165, 1.54) is 5.56 Å². The Morgan fingerprint density at radius 1 is 1.31 bits per heavy atom. The van der Waals surface area contributed by atoms with Crippen LogP contribution in [0, 0.1) is 13.8 Å². The number of aliphatic hydroxyl groups excluding tert-OH is 1. The number of rotatable bonds is 1. The van der Waals surface area contributed by atoms with Crippen molar-refractivity contribution in [1.29, 1.82) is 0 Å². The molecule has 0 spiro atoms. The monoisotopic (exact) mass is 176 g/mol. The van der Waals surface area contributed by atoms with Crippen molar-refractivity contribution in [2.45, 2.75) is 20.5 Å². The van der Waals surface area contributed by atoms with E-state index in [9.17, 15) is 0 Å². The summed E-state index contributed by atoms with van der Waals surface area (Å²) in [5.41, 5.74) is 3.26. The van der Waals surface area contributed by atoms with Crippen molar-refractivity contribution >= 4 is 11.0 Å². The molecule has 1 aromatic heterocycles. The molecule has 68 valence electrons. The van der Waals surface area contributed by atoms with Crippen LogP contribution in [0.4, 0.5) is 0 Å². The number of hydrogen-bond acceptors (Lipinski definition) is 2. The van der Waals surface area contributed by atoms with Crippen LogP contribution in [-0.2, 0) is 6.61 Å². The van der Waals surface area contributed by atoms with Crippen LogP contribution in [0.25, 0.3) is 11.0 Å². The topological polar surface area (TPSA) is 33.4 Å². The maximum Gasteiger partial charge on any atom is 0.137 e. The highest BCUT2D eigenvalue weighted by atomic mass is 16.4. The molecule has 0 bridgehead atoms. The van der Waals surface area contributed by atoms with Crippen LogP contribution in [0.1, 0.15) is 16.9 Å². The summed E-state index contributed by atoms with van der Waals surface area (Å²) in [7, 11) is 0. The Morgan fingerprint density at radius 3 is 2.77 bits per heavy atom. The van der Waals surface area contributed by atoms with Crippen molar-refractivity contribution < 1.29 is 9.52 Å². The van der Waals surface area contributed by atoms with Gasteiger partial charge in [-0.3, -0.25) is 0 Å². The maximum absolute atomic E-state index is 8.91. The summed E-state index contributed by atoms with van der Waals surface area (Å²) in [6.45, 7) is 4.05. The molecule has 13 heavy (non-hydrogen) atoms. The Hall–Kier alpha value is -1.28. The SMILES string of the molecule is Cc1ccc2cc(CO)oc2c1C. The predicted octanol–water partition coefficient (Wildman–Crippen LogP) is 2.54. The van der Waals surface area contributed by atoms with Gasteiger partial charge in [0.15, 0.2) is 0 Å². The van der Waals surface area contributed by atoms with Gasteiger partial charge in [-0.15, -0.1) is 0 Å². The van der Waals surface area contributed by atoms with Crippen LogP contribution in [0.5, 0.6) is 0 Å². The van der Waals surface area contributed by atoms with Gasteiger partial charge in [0, 0.05) is 5.39 Å². The molecule has 0 aliphatic rings. The first-order valence-electron chi connectivity index (χ1n) is 4.32. The van der Waals surface area contributed by atoms with Crippen molar-refractivity contribution in [1.82, 2.24) is 0 Å². The van der Waals surface area contributed by atoms with Crippen LogP contribution in [0.15, 0.2) is 22.6 Å². The minimum Gasteiger partial charge on any atom is -0.458 e. The van der Waals surface area contributed by atoms with Crippen LogP contribution < -0.4 is 0 Å². The molecule has 2 heteroatoms. The molecule has 0 unspecified atom stereocenters. The number of hydrogen-bond donors (Lipinski definition) is 1. The van der Waals surface area contributed by atoms with Gasteiger partial charge >= 0.3 is 0 Å². The molecular formula is C11H12O2. The zero-order chi connectivity index (χ0) is 9.42. The van der Waals surface area contributed by atoms with Crippen LogP contribution in [0.3, 0.4) is 0 Å². The predicted molar refractivity (Wildman–Crippen MR) is 51.6 cm³/mol. The molecular weight excluding hydrogens is 164 g/mol. The molecule has 1 heterocycles. The zero-order valence-electron chi connectivity index (χ0n) is 7.79.